The quantitative estimate of drug-likeness (QED) is 0.784. The second-order valence-electron chi connectivity index (χ2n) is 8.86. The van der Waals surface area contributed by atoms with Crippen molar-refractivity contribution < 1.29 is 14.3 Å². The summed E-state index contributed by atoms with van der Waals surface area (Å²) in [5, 5.41) is 0. The van der Waals surface area contributed by atoms with E-state index in [0.717, 1.165) is 32.1 Å². The van der Waals surface area contributed by atoms with E-state index in [1.54, 1.807) is 6.92 Å². The normalized spacial score (nSPS) is 33.8. The third kappa shape index (κ3) is 3.04. The lowest BCUT2D eigenvalue weighted by Crippen LogP contribution is -2.63. The number of hydrogen-bond acceptors (Lipinski definition) is 3. The van der Waals surface area contributed by atoms with Gasteiger partial charge in [0, 0.05) is 31.0 Å². The molecule has 3 fully saturated rings. The summed E-state index contributed by atoms with van der Waals surface area (Å²) in [5.41, 5.74) is 1.21. The van der Waals surface area contributed by atoms with E-state index >= 15 is 0 Å². The first kappa shape index (κ1) is 19.4. The first-order valence-electron chi connectivity index (χ1n) is 10.7. The van der Waals surface area contributed by atoms with Crippen LogP contribution in [0, 0.1) is 5.41 Å². The molecule has 2 saturated heterocycles. The van der Waals surface area contributed by atoms with Gasteiger partial charge in [0.1, 0.15) is 6.61 Å². The van der Waals surface area contributed by atoms with Gasteiger partial charge >= 0.3 is 0 Å². The Morgan fingerprint density at radius 1 is 1.14 bits per heavy atom. The highest BCUT2D eigenvalue weighted by Gasteiger charge is 2.64. The third-order valence-corrected chi connectivity index (χ3v) is 7.33. The fourth-order valence-corrected chi connectivity index (χ4v) is 6.26. The molecule has 1 aromatic rings. The average Bonchev–Trinajstić information content (AvgIpc) is 2.99. The van der Waals surface area contributed by atoms with E-state index < -0.39 is 0 Å². The zero-order valence-corrected chi connectivity index (χ0v) is 17.3. The number of nitrogens with zero attached hydrogens (tertiary/aromatic N) is 2. The van der Waals surface area contributed by atoms with E-state index in [-0.39, 0.29) is 48.0 Å². The molecule has 0 unspecified atom stereocenters. The van der Waals surface area contributed by atoms with Gasteiger partial charge in [0.25, 0.3) is 0 Å². The van der Waals surface area contributed by atoms with E-state index in [0.29, 0.717) is 6.61 Å². The van der Waals surface area contributed by atoms with Crippen molar-refractivity contribution in [3.05, 3.63) is 35.9 Å². The second kappa shape index (κ2) is 7.51. The van der Waals surface area contributed by atoms with Gasteiger partial charge < -0.3 is 14.5 Å². The van der Waals surface area contributed by atoms with E-state index in [1.165, 1.54) is 5.56 Å². The summed E-state index contributed by atoms with van der Waals surface area (Å²) < 4.78 is 5.51. The van der Waals surface area contributed by atoms with Crippen LogP contribution >= 0.6 is 0 Å². The van der Waals surface area contributed by atoms with Crippen molar-refractivity contribution in [3.8, 4) is 0 Å². The zero-order valence-electron chi connectivity index (χ0n) is 17.3. The van der Waals surface area contributed by atoms with Gasteiger partial charge in [-0.3, -0.25) is 9.59 Å². The van der Waals surface area contributed by atoms with Crippen molar-refractivity contribution in [1.29, 1.82) is 0 Å². The minimum Gasteiger partial charge on any atom is -0.372 e. The molecule has 2 heterocycles. The minimum absolute atomic E-state index is 0.0103. The van der Waals surface area contributed by atoms with Gasteiger partial charge in [0.2, 0.25) is 11.8 Å². The molecule has 5 heteroatoms. The van der Waals surface area contributed by atoms with Gasteiger partial charge in [-0.05, 0) is 44.6 Å². The first-order valence-corrected chi connectivity index (χ1v) is 10.7. The van der Waals surface area contributed by atoms with Crippen LogP contribution in [0.15, 0.2) is 30.3 Å². The third-order valence-electron chi connectivity index (χ3n) is 7.33. The minimum atomic E-state index is -0.0103. The molecule has 0 spiro atoms. The van der Waals surface area contributed by atoms with Gasteiger partial charge in [-0.25, -0.2) is 0 Å². The molecule has 0 aromatic heterocycles. The molecule has 0 radical (unpaired) electrons. The summed E-state index contributed by atoms with van der Waals surface area (Å²) in [6.45, 7) is 6.59. The Bertz CT molecular complexity index is 737. The van der Waals surface area contributed by atoms with Crippen LogP contribution in [0.4, 0.5) is 0 Å². The number of ether oxygens (including phenoxy) is 1. The lowest BCUT2D eigenvalue weighted by molar-refractivity contribution is -0.150. The number of rotatable bonds is 5. The first-order chi connectivity index (χ1) is 13.5. The summed E-state index contributed by atoms with van der Waals surface area (Å²) in [6.07, 6.45) is 4.92. The van der Waals surface area contributed by atoms with Crippen LogP contribution in [0.5, 0.6) is 0 Å². The summed E-state index contributed by atoms with van der Waals surface area (Å²) in [4.78, 5) is 30.2. The maximum atomic E-state index is 13.3. The molecule has 1 aromatic carbocycles. The largest absolute Gasteiger partial charge is 0.372 e. The molecule has 5 nitrogen and oxygen atoms in total. The molecule has 1 saturated carbocycles. The van der Waals surface area contributed by atoms with Crippen molar-refractivity contribution in [2.75, 3.05) is 13.2 Å². The second-order valence-corrected chi connectivity index (χ2v) is 8.86. The molecule has 4 rings (SSSR count). The molecule has 0 N–H and O–H groups in total. The number of likely N-dealkylation sites (tertiary alicyclic amines) is 2. The molecule has 2 bridgehead atoms. The molecular weight excluding hydrogens is 352 g/mol. The van der Waals surface area contributed by atoms with Crippen molar-refractivity contribution in [2.24, 2.45) is 5.41 Å². The molecule has 5 atom stereocenters. The summed E-state index contributed by atoms with van der Waals surface area (Å²) >= 11 is 0. The number of piperidine rings is 1. The van der Waals surface area contributed by atoms with Gasteiger partial charge in [-0.2, -0.15) is 0 Å². The standard InChI is InChI=1S/C23H32N2O3/c1-4-28-15-22(27)25-18(13-17-9-6-5-7-10-17)19-14-23(3)20(24(19)16(2)26)11-8-12-21(23)25/h5-7,9-10,18-21H,4,8,11-15H2,1-3H3/t18-,19-,20-,21+,23-/m0/s1. The smallest absolute Gasteiger partial charge is 0.249 e. The highest BCUT2D eigenvalue weighted by molar-refractivity contribution is 5.80. The lowest BCUT2D eigenvalue weighted by Gasteiger charge is -2.53. The number of carbonyl (C=O) groups is 2. The predicted molar refractivity (Wildman–Crippen MR) is 108 cm³/mol. The number of fused-ring (bicyclic) bond motifs is 1. The molecule has 152 valence electrons. The Hall–Kier alpha value is -1.88. The Morgan fingerprint density at radius 3 is 2.46 bits per heavy atom. The van der Waals surface area contributed by atoms with Gasteiger partial charge in [-0.15, -0.1) is 0 Å². The summed E-state index contributed by atoms with van der Waals surface area (Å²) in [7, 11) is 0. The summed E-state index contributed by atoms with van der Waals surface area (Å²) in [6, 6.07) is 10.9. The maximum absolute atomic E-state index is 13.3. The van der Waals surface area contributed by atoms with Crippen molar-refractivity contribution >= 4 is 11.8 Å². The van der Waals surface area contributed by atoms with Crippen LogP contribution in [0.3, 0.4) is 0 Å². The topological polar surface area (TPSA) is 49.9 Å². The van der Waals surface area contributed by atoms with Crippen molar-refractivity contribution in [2.45, 2.75) is 77.0 Å². The van der Waals surface area contributed by atoms with Crippen LogP contribution in [0.1, 0.15) is 52.0 Å². The van der Waals surface area contributed by atoms with Gasteiger partial charge in [-0.1, -0.05) is 37.3 Å². The number of hydrogen-bond donors (Lipinski definition) is 0. The molecule has 2 aliphatic heterocycles. The molecule has 28 heavy (non-hydrogen) atoms. The lowest BCUT2D eigenvalue weighted by atomic mass is 9.64. The SMILES string of the molecule is CCOCC(=O)N1[C@@H](Cc2ccccc2)[C@@H]2C[C@@]3(C)[C@H](CCC[C@@H]13)N2C(C)=O. The van der Waals surface area contributed by atoms with Crippen molar-refractivity contribution in [3.63, 3.8) is 0 Å². The molecule has 3 aliphatic rings. The number of amides is 2. The van der Waals surface area contributed by atoms with E-state index in [1.807, 2.05) is 25.1 Å². The monoisotopic (exact) mass is 384 g/mol. The maximum Gasteiger partial charge on any atom is 0.249 e. The van der Waals surface area contributed by atoms with E-state index in [4.69, 9.17) is 4.74 Å². The van der Waals surface area contributed by atoms with Crippen molar-refractivity contribution in [1.82, 2.24) is 9.80 Å². The molecular formula is C23H32N2O3. The van der Waals surface area contributed by atoms with Crippen LogP contribution in [0.25, 0.3) is 0 Å². The Morgan fingerprint density at radius 2 is 1.82 bits per heavy atom. The number of benzene rings is 1. The highest BCUT2D eigenvalue weighted by atomic mass is 16.5. The van der Waals surface area contributed by atoms with E-state index in [9.17, 15) is 9.59 Å². The fourth-order valence-electron chi connectivity index (χ4n) is 6.26. The predicted octanol–water partition coefficient (Wildman–Crippen LogP) is 3.02. The molecule has 2 amide bonds. The Kier molecular flexibility index (Phi) is 5.21. The average molecular weight is 385 g/mol. The highest BCUT2D eigenvalue weighted by Crippen LogP contribution is 2.56. The van der Waals surface area contributed by atoms with Crippen LogP contribution < -0.4 is 0 Å². The van der Waals surface area contributed by atoms with Crippen LogP contribution in [-0.4, -0.2) is 59.0 Å². The fraction of sp³-hybridized carbons (Fsp3) is 0.652. The van der Waals surface area contributed by atoms with Gasteiger partial charge in [0.05, 0.1) is 12.1 Å². The van der Waals surface area contributed by atoms with Crippen LogP contribution in [-0.2, 0) is 20.7 Å². The zero-order chi connectivity index (χ0) is 19.9. The molecule has 1 aliphatic carbocycles. The number of carbonyl (C=O) groups excluding carboxylic acids is 2. The van der Waals surface area contributed by atoms with E-state index in [2.05, 4.69) is 28.9 Å². The van der Waals surface area contributed by atoms with Gasteiger partial charge in [0.15, 0.2) is 0 Å². The summed E-state index contributed by atoms with van der Waals surface area (Å²) in [5.74, 6) is 0.228. The van der Waals surface area contributed by atoms with Crippen LogP contribution in [0.2, 0.25) is 0 Å². The Labute approximate surface area is 168 Å². The Balaban J connectivity index is 1.75.